The van der Waals surface area contributed by atoms with Crippen molar-refractivity contribution in [3.63, 3.8) is 0 Å². The molecule has 0 radical (unpaired) electrons. The molecule has 0 fully saturated rings. The minimum absolute atomic E-state index is 0. The number of aromatic amines is 1. The van der Waals surface area contributed by atoms with Crippen molar-refractivity contribution >= 4 is 51.5 Å². The molecule has 0 saturated heterocycles. The zero-order valence-electron chi connectivity index (χ0n) is 13.1. The van der Waals surface area contributed by atoms with Gasteiger partial charge in [0, 0.05) is 18.6 Å². The molecule has 0 bridgehead atoms. The van der Waals surface area contributed by atoms with Gasteiger partial charge in [0.25, 0.3) is 0 Å². The van der Waals surface area contributed by atoms with E-state index < -0.39 is 0 Å². The summed E-state index contributed by atoms with van der Waals surface area (Å²) >= 11 is 0. The van der Waals surface area contributed by atoms with Crippen molar-refractivity contribution in [3.05, 3.63) is 46.6 Å². The van der Waals surface area contributed by atoms with Crippen molar-refractivity contribution in [1.29, 1.82) is 0 Å². The fourth-order valence-electron chi connectivity index (χ4n) is 2.61. The third kappa shape index (κ3) is 3.49. The van der Waals surface area contributed by atoms with E-state index in [1.807, 2.05) is 0 Å². The fourth-order valence-corrected chi connectivity index (χ4v) is 2.61. The SMILES string of the molecule is O=c1c2ccc(-c3nnn[nH]3)cc2oc2ccc(OCCCO)cc12.[NaH]. The number of hydrogen-bond donors (Lipinski definition) is 2. The molecular weight excluding hydrogens is 347 g/mol. The zero-order chi connectivity index (χ0) is 17.2. The molecule has 26 heavy (non-hydrogen) atoms. The van der Waals surface area contributed by atoms with Crippen molar-refractivity contribution in [2.45, 2.75) is 6.42 Å². The van der Waals surface area contributed by atoms with Gasteiger partial charge in [-0.2, -0.15) is 0 Å². The molecule has 2 heterocycles. The molecule has 0 unspecified atom stereocenters. The number of nitrogens with zero attached hydrogens (tertiary/aromatic N) is 3. The molecule has 0 amide bonds. The molecule has 8 nitrogen and oxygen atoms in total. The average Bonchev–Trinajstić information content (AvgIpc) is 3.17. The number of fused-ring (bicyclic) bond motifs is 2. The molecule has 4 aromatic rings. The Kier molecular flexibility index (Phi) is 5.67. The van der Waals surface area contributed by atoms with Crippen LogP contribution in [0, 0.1) is 0 Å². The minimum atomic E-state index is -0.133. The maximum atomic E-state index is 12.8. The number of aromatic nitrogens is 4. The van der Waals surface area contributed by atoms with Crippen LogP contribution in [0.25, 0.3) is 33.3 Å². The van der Waals surface area contributed by atoms with Crippen LogP contribution in [-0.2, 0) is 0 Å². The summed E-state index contributed by atoms with van der Waals surface area (Å²) in [5, 5.41) is 23.3. The topological polar surface area (TPSA) is 114 Å². The Morgan fingerprint density at radius 3 is 2.77 bits per heavy atom. The van der Waals surface area contributed by atoms with Gasteiger partial charge in [-0.15, -0.1) is 5.10 Å². The molecule has 0 aliphatic carbocycles. The summed E-state index contributed by atoms with van der Waals surface area (Å²) in [6, 6.07) is 10.3. The number of H-pyrrole nitrogens is 1. The van der Waals surface area contributed by atoms with Gasteiger partial charge >= 0.3 is 29.6 Å². The number of aliphatic hydroxyl groups is 1. The van der Waals surface area contributed by atoms with Gasteiger partial charge in [-0.05, 0) is 40.8 Å². The van der Waals surface area contributed by atoms with Crippen LogP contribution in [-0.4, -0.2) is 68.5 Å². The predicted molar refractivity (Wildman–Crippen MR) is 97.5 cm³/mol. The number of benzene rings is 2. The molecule has 128 valence electrons. The summed E-state index contributed by atoms with van der Waals surface area (Å²) in [4.78, 5) is 12.8. The quantitative estimate of drug-likeness (QED) is 0.312. The van der Waals surface area contributed by atoms with Crippen molar-refractivity contribution in [1.82, 2.24) is 20.6 Å². The second-order valence-corrected chi connectivity index (χ2v) is 5.48. The monoisotopic (exact) mass is 362 g/mol. The molecule has 9 heteroatoms. The van der Waals surface area contributed by atoms with E-state index in [2.05, 4.69) is 20.6 Å². The van der Waals surface area contributed by atoms with Crippen molar-refractivity contribution in [3.8, 4) is 17.1 Å². The zero-order valence-corrected chi connectivity index (χ0v) is 13.1. The van der Waals surface area contributed by atoms with Gasteiger partial charge in [0.15, 0.2) is 5.82 Å². The molecule has 0 aliphatic rings. The Balaban J connectivity index is 0.00000196. The third-order valence-corrected chi connectivity index (χ3v) is 3.83. The molecule has 0 spiro atoms. The molecule has 2 N–H and O–H groups in total. The standard InChI is InChI=1S/C17H14N4O4.Na.H/c22-6-1-7-24-11-3-5-14-13(9-11)16(23)12-4-2-10(8-15(12)25-14)17-18-20-21-19-17;;/h2-5,8-9,22H,1,6-7H2,(H,18,19,20,21);;. The Morgan fingerprint density at radius 2 is 2.00 bits per heavy atom. The molecule has 2 aromatic carbocycles. The van der Waals surface area contributed by atoms with Gasteiger partial charge in [-0.1, -0.05) is 6.07 Å². The van der Waals surface area contributed by atoms with Crippen LogP contribution >= 0.6 is 0 Å². The average molecular weight is 362 g/mol. The van der Waals surface area contributed by atoms with Gasteiger partial charge < -0.3 is 14.3 Å². The molecule has 4 rings (SSSR count). The van der Waals surface area contributed by atoms with Crippen molar-refractivity contribution < 1.29 is 14.3 Å². The number of ether oxygens (including phenoxy) is 1. The van der Waals surface area contributed by atoms with Gasteiger partial charge in [0.1, 0.15) is 16.9 Å². The number of rotatable bonds is 5. The summed E-state index contributed by atoms with van der Waals surface area (Å²) in [6.45, 7) is 0.443. The Morgan fingerprint density at radius 1 is 1.12 bits per heavy atom. The van der Waals surface area contributed by atoms with Crippen molar-refractivity contribution in [2.75, 3.05) is 13.2 Å². The van der Waals surface area contributed by atoms with E-state index in [0.29, 0.717) is 46.5 Å². The van der Waals surface area contributed by atoms with Crippen LogP contribution in [0.4, 0.5) is 0 Å². The summed E-state index contributed by atoms with van der Waals surface area (Å²) < 4.78 is 11.4. The van der Waals surface area contributed by atoms with Crippen molar-refractivity contribution in [2.24, 2.45) is 0 Å². The van der Waals surface area contributed by atoms with Gasteiger partial charge in [-0.25, -0.2) is 5.10 Å². The van der Waals surface area contributed by atoms with E-state index in [4.69, 9.17) is 14.3 Å². The van der Waals surface area contributed by atoms with Crippen LogP contribution in [0.5, 0.6) is 5.75 Å². The number of nitrogens with one attached hydrogen (secondary N) is 1. The molecule has 2 aromatic heterocycles. The molecule has 0 saturated carbocycles. The Hall–Kier alpha value is -2.26. The molecule has 0 atom stereocenters. The van der Waals surface area contributed by atoms with Crippen LogP contribution in [0.1, 0.15) is 6.42 Å². The van der Waals surface area contributed by atoms with Crippen LogP contribution in [0.3, 0.4) is 0 Å². The van der Waals surface area contributed by atoms with E-state index in [1.54, 1.807) is 36.4 Å². The Labute approximate surface area is 169 Å². The van der Waals surface area contributed by atoms with Gasteiger partial charge in [0.05, 0.1) is 17.4 Å². The van der Waals surface area contributed by atoms with E-state index in [1.165, 1.54) is 0 Å². The first-order valence-electron chi connectivity index (χ1n) is 7.74. The summed E-state index contributed by atoms with van der Waals surface area (Å²) in [5.41, 5.74) is 1.52. The summed E-state index contributed by atoms with van der Waals surface area (Å²) in [6.07, 6.45) is 0.531. The van der Waals surface area contributed by atoms with Crippen LogP contribution < -0.4 is 10.2 Å². The summed E-state index contributed by atoms with van der Waals surface area (Å²) in [5.74, 6) is 1.06. The fraction of sp³-hybridized carbons (Fsp3) is 0.176. The van der Waals surface area contributed by atoms with Crippen LogP contribution in [0.2, 0.25) is 0 Å². The number of tetrazole rings is 1. The molecular formula is C17H15N4NaO4. The second kappa shape index (κ2) is 7.96. The first-order chi connectivity index (χ1) is 12.3. The van der Waals surface area contributed by atoms with Gasteiger partial charge in [-0.3, -0.25) is 4.79 Å². The summed E-state index contributed by atoms with van der Waals surface area (Å²) in [7, 11) is 0. The Bertz CT molecular complexity index is 1100. The van der Waals surface area contributed by atoms with Gasteiger partial charge in [0.2, 0.25) is 5.43 Å². The van der Waals surface area contributed by atoms with E-state index in [-0.39, 0.29) is 41.6 Å². The van der Waals surface area contributed by atoms with E-state index in [9.17, 15) is 4.79 Å². The predicted octanol–water partition coefficient (Wildman–Crippen LogP) is 1.24. The second-order valence-electron chi connectivity index (χ2n) is 5.48. The van der Waals surface area contributed by atoms with E-state index in [0.717, 1.165) is 5.56 Å². The van der Waals surface area contributed by atoms with E-state index >= 15 is 0 Å². The first-order valence-corrected chi connectivity index (χ1v) is 7.74. The normalized spacial score (nSPS) is 10.8. The first kappa shape index (κ1) is 18.5. The maximum absolute atomic E-state index is 12.8. The number of aliphatic hydroxyl groups excluding tert-OH is 1. The molecule has 0 aliphatic heterocycles. The van der Waals surface area contributed by atoms with Crippen LogP contribution in [0.15, 0.2) is 45.6 Å². The number of hydrogen-bond acceptors (Lipinski definition) is 7. The third-order valence-electron chi connectivity index (χ3n) is 3.83.